The molecule has 0 saturated carbocycles. The molecule has 5 rings (SSSR count). The van der Waals surface area contributed by atoms with Crippen LogP contribution in [-0.2, 0) is 4.74 Å². The Labute approximate surface area is 201 Å². The van der Waals surface area contributed by atoms with Crippen molar-refractivity contribution in [2.75, 3.05) is 7.11 Å². The summed E-state index contributed by atoms with van der Waals surface area (Å²) in [6, 6.07) is 30.1. The highest BCUT2D eigenvalue weighted by atomic mass is 16.5. The number of carbonyl (C=O) groups is 2. The van der Waals surface area contributed by atoms with Crippen LogP contribution in [0.3, 0.4) is 0 Å². The van der Waals surface area contributed by atoms with Gasteiger partial charge >= 0.3 is 11.9 Å². The number of benzene rings is 3. The number of hydrogen-bond acceptors (Lipinski definition) is 3. The van der Waals surface area contributed by atoms with Crippen molar-refractivity contribution in [3.05, 3.63) is 108 Å². The van der Waals surface area contributed by atoms with Crippen molar-refractivity contribution >= 4 is 11.9 Å². The molecule has 2 aromatic heterocycles. The van der Waals surface area contributed by atoms with E-state index < -0.39 is 11.9 Å². The van der Waals surface area contributed by atoms with Crippen LogP contribution in [0.25, 0.3) is 45.0 Å². The van der Waals surface area contributed by atoms with Crippen LogP contribution in [-0.4, -0.2) is 34.1 Å². The summed E-state index contributed by atoms with van der Waals surface area (Å²) in [6.45, 7) is 0. The molecule has 0 unspecified atom stereocenters. The van der Waals surface area contributed by atoms with E-state index in [1.54, 1.807) is 12.1 Å². The van der Waals surface area contributed by atoms with E-state index in [2.05, 4.69) is 9.97 Å². The lowest BCUT2D eigenvalue weighted by molar-refractivity contribution is 0.0601. The zero-order valence-electron chi connectivity index (χ0n) is 18.9. The van der Waals surface area contributed by atoms with Gasteiger partial charge in [-0.3, -0.25) is 0 Å². The molecule has 0 bridgehead atoms. The summed E-state index contributed by atoms with van der Waals surface area (Å²) in [4.78, 5) is 31.0. The number of aromatic carboxylic acids is 1. The van der Waals surface area contributed by atoms with Gasteiger partial charge in [-0.25, -0.2) is 9.59 Å². The molecule has 6 nitrogen and oxygen atoms in total. The van der Waals surface area contributed by atoms with Gasteiger partial charge in [-0.2, -0.15) is 0 Å². The molecule has 0 saturated heterocycles. The Morgan fingerprint density at radius 1 is 0.629 bits per heavy atom. The Morgan fingerprint density at radius 2 is 1.09 bits per heavy atom. The number of hydrogen-bond donors (Lipinski definition) is 3. The van der Waals surface area contributed by atoms with Gasteiger partial charge < -0.3 is 19.8 Å². The zero-order chi connectivity index (χ0) is 24.4. The average Bonchev–Trinajstić information content (AvgIpc) is 3.55. The van der Waals surface area contributed by atoms with Crippen molar-refractivity contribution in [3.8, 4) is 45.0 Å². The molecule has 5 aromatic rings. The molecule has 0 atom stereocenters. The number of aromatic amines is 2. The van der Waals surface area contributed by atoms with E-state index in [-0.39, 0.29) is 5.56 Å². The highest BCUT2D eigenvalue weighted by Gasteiger charge is 2.20. The molecule has 0 fully saturated rings. The predicted octanol–water partition coefficient (Wildman–Crippen LogP) is 6.50. The maximum absolute atomic E-state index is 12.5. The minimum atomic E-state index is -0.998. The number of ether oxygens (including phenoxy) is 1. The smallest absolute Gasteiger partial charge is 0.340 e. The summed E-state index contributed by atoms with van der Waals surface area (Å²) < 4.78 is 5.00. The molecule has 172 valence electrons. The number of nitrogens with one attached hydrogen (secondary N) is 2. The molecule has 3 aromatic carbocycles. The van der Waals surface area contributed by atoms with E-state index in [0.717, 1.165) is 27.9 Å². The van der Waals surface area contributed by atoms with Gasteiger partial charge in [0.2, 0.25) is 0 Å². The number of carboxylic acid groups (broad SMARTS) is 1. The maximum atomic E-state index is 12.5. The molecule has 0 aliphatic rings. The van der Waals surface area contributed by atoms with Crippen LogP contribution in [0.4, 0.5) is 0 Å². The number of esters is 1. The second-order valence-corrected chi connectivity index (χ2v) is 8.05. The number of carbonyl (C=O) groups excluding carboxylic acids is 1. The molecule has 0 aliphatic heterocycles. The van der Waals surface area contributed by atoms with Crippen molar-refractivity contribution in [1.82, 2.24) is 9.97 Å². The van der Waals surface area contributed by atoms with Crippen LogP contribution in [0, 0.1) is 0 Å². The number of aromatic nitrogens is 2. The Balaban J connectivity index is 1.58. The third-order valence-corrected chi connectivity index (χ3v) is 5.88. The topological polar surface area (TPSA) is 95.2 Å². The van der Waals surface area contributed by atoms with E-state index >= 15 is 0 Å². The van der Waals surface area contributed by atoms with E-state index in [9.17, 15) is 14.7 Å². The molecule has 0 spiro atoms. The zero-order valence-corrected chi connectivity index (χ0v) is 18.9. The Bertz CT molecular complexity index is 1520. The van der Waals surface area contributed by atoms with Gasteiger partial charge in [-0.05, 0) is 40.5 Å². The molecular formula is C29H22N2O4. The highest BCUT2D eigenvalue weighted by molar-refractivity contribution is 5.99. The monoisotopic (exact) mass is 462 g/mol. The van der Waals surface area contributed by atoms with Crippen molar-refractivity contribution < 1.29 is 19.4 Å². The van der Waals surface area contributed by atoms with Gasteiger partial charge in [0.05, 0.1) is 29.6 Å². The Kier molecular flexibility index (Phi) is 5.77. The van der Waals surface area contributed by atoms with Crippen molar-refractivity contribution in [2.24, 2.45) is 0 Å². The first kappa shape index (κ1) is 22.0. The molecule has 0 radical (unpaired) electrons. The van der Waals surface area contributed by atoms with Gasteiger partial charge in [-0.1, -0.05) is 78.9 Å². The summed E-state index contributed by atoms with van der Waals surface area (Å²) in [5.74, 6) is -1.42. The minimum Gasteiger partial charge on any atom is -0.478 e. The SMILES string of the molecule is COC(=O)c1cc(-c2cccc(-c3cc(C(=O)O)c(-c4ccccc4)[nH]3)c2)[nH]c1-c1ccccc1. The van der Waals surface area contributed by atoms with Crippen LogP contribution in [0.5, 0.6) is 0 Å². The average molecular weight is 463 g/mol. The molecular weight excluding hydrogens is 440 g/mol. The van der Waals surface area contributed by atoms with Crippen LogP contribution in [0.2, 0.25) is 0 Å². The first-order chi connectivity index (χ1) is 17.0. The van der Waals surface area contributed by atoms with Gasteiger partial charge in [0, 0.05) is 11.4 Å². The number of carboxylic acids is 1. The molecule has 35 heavy (non-hydrogen) atoms. The van der Waals surface area contributed by atoms with Crippen molar-refractivity contribution in [1.29, 1.82) is 0 Å². The molecule has 3 N–H and O–H groups in total. The first-order valence-corrected chi connectivity index (χ1v) is 11.0. The first-order valence-electron chi connectivity index (χ1n) is 11.0. The largest absolute Gasteiger partial charge is 0.478 e. The predicted molar refractivity (Wildman–Crippen MR) is 135 cm³/mol. The second kappa shape index (κ2) is 9.19. The van der Waals surface area contributed by atoms with E-state index in [0.29, 0.717) is 22.6 Å². The maximum Gasteiger partial charge on any atom is 0.340 e. The molecule has 0 amide bonds. The lowest BCUT2D eigenvalue weighted by atomic mass is 10.0. The van der Waals surface area contributed by atoms with Gasteiger partial charge in [0.1, 0.15) is 0 Å². The number of rotatable bonds is 6. The molecule has 0 aliphatic carbocycles. The molecule has 6 heteroatoms. The minimum absolute atomic E-state index is 0.204. The summed E-state index contributed by atoms with van der Waals surface area (Å²) in [6.07, 6.45) is 0. The van der Waals surface area contributed by atoms with Gasteiger partial charge in [-0.15, -0.1) is 0 Å². The van der Waals surface area contributed by atoms with Crippen LogP contribution in [0.1, 0.15) is 20.7 Å². The van der Waals surface area contributed by atoms with Gasteiger partial charge in [0.25, 0.3) is 0 Å². The van der Waals surface area contributed by atoms with Crippen LogP contribution in [0.15, 0.2) is 97.1 Å². The standard InChI is InChI=1S/C29H22N2O4/c1-35-29(34)23-17-25(31-27(23)19-11-6-3-7-12-19)21-14-8-13-20(15-21)24-16-22(28(32)33)26(30-24)18-9-4-2-5-10-18/h2-17,30-31H,1H3,(H,32,33). The van der Waals surface area contributed by atoms with E-state index in [4.69, 9.17) is 4.74 Å². The van der Waals surface area contributed by atoms with Crippen LogP contribution < -0.4 is 0 Å². The highest BCUT2D eigenvalue weighted by Crippen LogP contribution is 2.33. The lowest BCUT2D eigenvalue weighted by Gasteiger charge is -2.04. The van der Waals surface area contributed by atoms with Crippen molar-refractivity contribution in [3.63, 3.8) is 0 Å². The fourth-order valence-electron chi connectivity index (χ4n) is 4.18. The van der Waals surface area contributed by atoms with Gasteiger partial charge in [0.15, 0.2) is 0 Å². The van der Waals surface area contributed by atoms with E-state index in [1.165, 1.54) is 7.11 Å². The summed E-state index contributed by atoms with van der Waals surface area (Å²) in [5.41, 5.74) is 6.66. The lowest BCUT2D eigenvalue weighted by Crippen LogP contribution is -2.01. The number of methoxy groups -OCH3 is 1. The second-order valence-electron chi connectivity index (χ2n) is 8.05. The molecule has 2 heterocycles. The quantitative estimate of drug-likeness (QED) is 0.251. The summed E-state index contributed by atoms with van der Waals surface area (Å²) in [7, 11) is 1.36. The van der Waals surface area contributed by atoms with Crippen LogP contribution >= 0.6 is 0 Å². The number of H-pyrrole nitrogens is 2. The third kappa shape index (κ3) is 4.25. The normalized spacial score (nSPS) is 10.8. The fraction of sp³-hybridized carbons (Fsp3) is 0.0345. The summed E-state index contributed by atoms with van der Waals surface area (Å²) >= 11 is 0. The summed E-state index contributed by atoms with van der Waals surface area (Å²) in [5, 5.41) is 9.77. The van der Waals surface area contributed by atoms with E-state index in [1.807, 2.05) is 84.9 Å². The Hall–Kier alpha value is -4.84. The Morgan fingerprint density at radius 3 is 1.57 bits per heavy atom. The third-order valence-electron chi connectivity index (χ3n) is 5.88. The fourth-order valence-corrected chi connectivity index (χ4v) is 4.18. The van der Waals surface area contributed by atoms with Crippen molar-refractivity contribution in [2.45, 2.75) is 0 Å².